The van der Waals surface area contributed by atoms with Crippen LogP contribution >= 0.6 is 24.8 Å². The van der Waals surface area contributed by atoms with E-state index in [0.717, 1.165) is 31.8 Å². The van der Waals surface area contributed by atoms with Crippen molar-refractivity contribution in [3.63, 3.8) is 0 Å². The average molecular weight is 381 g/mol. The van der Waals surface area contributed by atoms with Crippen molar-refractivity contribution in [1.29, 1.82) is 0 Å². The third-order valence-electron chi connectivity index (χ3n) is 5.33. The Morgan fingerprint density at radius 2 is 1.72 bits per heavy atom. The molecular formula is C20H26Cl2N2O. The molecule has 3 nitrogen and oxygen atoms in total. The molecule has 2 heterocycles. The van der Waals surface area contributed by atoms with Gasteiger partial charge in [0.1, 0.15) is 5.75 Å². The number of hydrogen-bond acceptors (Lipinski definition) is 3. The molecule has 0 bridgehead atoms. The summed E-state index contributed by atoms with van der Waals surface area (Å²) in [6, 6.07) is 18.5. The van der Waals surface area contributed by atoms with Gasteiger partial charge in [-0.25, -0.2) is 0 Å². The number of benzene rings is 2. The van der Waals surface area contributed by atoms with E-state index in [2.05, 4.69) is 65.4 Å². The van der Waals surface area contributed by atoms with E-state index in [1.807, 2.05) is 0 Å². The summed E-state index contributed by atoms with van der Waals surface area (Å²) in [4.78, 5) is 5.15. The Labute approximate surface area is 162 Å². The highest BCUT2D eigenvalue weighted by molar-refractivity contribution is 5.85. The summed E-state index contributed by atoms with van der Waals surface area (Å²) in [7, 11) is 3.98. The maximum absolute atomic E-state index is 5.45. The molecule has 1 saturated heterocycles. The van der Waals surface area contributed by atoms with Crippen LogP contribution in [0.5, 0.6) is 5.75 Å². The van der Waals surface area contributed by atoms with E-state index in [4.69, 9.17) is 4.74 Å². The van der Waals surface area contributed by atoms with Crippen LogP contribution in [-0.2, 0) is 6.42 Å². The number of hydrogen-bond donors (Lipinski definition) is 0. The van der Waals surface area contributed by atoms with Gasteiger partial charge in [0, 0.05) is 31.7 Å². The largest absolute Gasteiger partial charge is 0.497 e. The fraction of sp³-hybridized carbons (Fsp3) is 0.400. The van der Waals surface area contributed by atoms with Crippen LogP contribution in [0.15, 0.2) is 48.5 Å². The summed E-state index contributed by atoms with van der Waals surface area (Å²) in [6.45, 7) is 3.38. The molecule has 2 aromatic carbocycles. The Morgan fingerprint density at radius 3 is 2.44 bits per heavy atom. The lowest BCUT2D eigenvalue weighted by Gasteiger charge is -2.48. The Hall–Kier alpha value is -1.26. The van der Waals surface area contributed by atoms with Gasteiger partial charge in [0.05, 0.1) is 7.11 Å². The first-order valence-electron chi connectivity index (χ1n) is 8.42. The van der Waals surface area contributed by atoms with E-state index < -0.39 is 0 Å². The van der Waals surface area contributed by atoms with Crippen LogP contribution in [0.4, 0.5) is 0 Å². The van der Waals surface area contributed by atoms with Crippen molar-refractivity contribution in [2.24, 2.45) is 0 Å². The number of piperazine rings is 1. The first kappa shape index (κ1) is 20.1. The molecular weight excluding hydrogens is 355 g/mol. The molecule has 0 amide bonds. The zero-order valence-electron chi connectivity index (χ0n) is 14.7. The van der Waals surface area contributed by atoms with Crippen LogP contribution in [0, 0.1) is 0 Å². The van der Waals surface area contributed by atoms with Crippen LogP contribution in [0.1, 0.15) is 28.8 Å². The van der Waals surface area contributed by atoms with E-state index in [1.165, 1.54) is 16.7 Å². The zero-order chi connectivity index (χ0) is 15.8. The zero-order valence-corrected chi connectivity index (χ0v) is 16.4. The molecule has 0 saturated carbocycles. The van der Waals surface area contributed by atoms with Crippen molar-refractivity contribution in [2.45, 2.75) is 18.5 Å². The van der Waals surface area contributed by atoms with Gasteiger partial charge in [0.2, 0.25) is 0 Å². The molecule has 2 atom stereocenters. The normalized spacial score (nSPS) is 22.8. The lowest BCUT2D eigenvalue weighted by atomic mass is 9.84. The van der Waals surface area contributed by atoms with Crippen LogP contribution in [0.25, 0.3) is 0 Å². The van der Waals surface area contributed by atoms with Crippen LogP contribution in [0.3, 0.4) is 0 Å². The minimum absolute atomic E-state index is 0. The van der Waals surface area contributed by atoms with E-state index in [9.17, 15) is 0 Å². The number of rotatable bonds is 2. The third-order valence-corrected chi connectivity index (χ3v) is 5.33. The molecule has 1 fully saturated rings. The minimum Gasteiger partial charge on any atom is -0.497 e. The van der Waals surface area contributed by atoms with Gasteiger partial charge >= 0.3 is 0 Å². The standard InChI is InChI=1S/C20H24N2O.2ClH/c1-21-10-11-22-19(15-6-4-3-5-7-15)13-16-12-17(23-2)8-9-18(16)20(22)14-21;;/h3-9,12,19-20H,10-11,13-14H2,1-2H3;2*1H/t19-,20-;;/m1../s1. The van der Waals surface area contributed by atoms with Gasteiger partial charge in [-0.1, -0.05) is 36.4 Å². The monoisotopic (exact) mass is 380 g/mol. The van der Waals surface area contributed by atoms with Gasteiger partial charge < -0.3 is 9.64 Å². The van der Waals surface area contributed by atoms with Crippen molar-refractivity contribution in [3.05, 3.63) is 65.2 Å². The summed E-state index contributed by atoms with van der Waals surface area (Å²) in [5.74, 6) is 0.966. The van der Waals surface area contributed by atoms with Gasteiger partial charge in [-0.05, 0) is 42.3 Å². The molecule has 0 aliphatic carbocycles. The quantitative estimate of drug-likeness (QED) is 0.778. The highest BCUT2D eigenvalue weighted by Crippen LogP contribution is 2.42. The Morgan fingerprint density at radius 1 is 0.960 bits per heavy atom. The average Bonchev–Trinajstić information content (AvgIpc) is 2.61. The minimum atomic E-state index is 0. The third kappa shape index (κ3) is 3.80. The van der Waals surface area contributed by atoms with Crippen LogP contribution < -0.4 is 4.74 Å². The first-order chi connectivity index (χ1) is 11.3. The molecule has 0 radical (unpaired) electrons. The molecule has 5 heteroatoms. The molecule has 0 unspecified atom stereocenters. The lowest BCUT2D eigenvalue weighted by Crippen LogP contribution is -2.50. The fourth-order valence-corrected chi connectivity index (χ4v) is 4.10. The van der Waals surface area contributed by atoms with Crippen molar-refractivity contribution >= 4 is 24.8 Å². The predicted octanol–water partition coefficient (Wildman–Crippen LogP) is 4.12. The van der Waals surface area contributed by atoms with Crippen molar-refractivity contribution in [3.8, 4) is 5.75 Å². The molecule has 4 rings (SSSR count). The number of halogens is 2. The van der Waals surface area contributed by atoms with E-state index in [-0.39, 0.29) is 24.8 Å². The molecule has 0 N–H and O–H groups in total. The molecule has 25 heavy (non-hydrogen) atoms. The van der Waals surface area contributed by atoms with Crippen LogP contribution in [0.2, 0.25) is 0 Å². The Balaban J connectivity index is 0.00000113. The maximum Gasteiger partial charge on any atom is 0.119 e. The number of nitrogens with zero attached hydrogens (tertiary/aromatic N) is 2. The van der Waals surface area contributed by atoms with Gasteiger partial charge in [-0.3, -0.25) is 4.90 Å². The number of ether oxygens (including phenoxy) is 1. The lowest BCUT2D eigenvalue weighted by molar-refractivity contribution is 0.0403. The van der Waals surface area contributed by atoms with Gasteiger partial charge in [0.15, 0.2) is 0 Å². The molecule has 2 aliphatic rings. The van der Waals surface area contributed by atoms with Gasteiger partial charge in [-0.2, -0.15) is 0 Å². The fourth-order valence-electron chi connectivity index (χ4n) is 4.10. The van der Waals surface area contributed by atoms with E-state index in [0.29, 0.717) is 12.1 Å². The smallest absolute Gasteiger partial charge is 0.119 e. The SMILES string of the molecule is COc1ccc2c(c1)C[C@H](c1ccccc1)N1CCN(C)C[C@H]21.Cl.Cl. The van der Waals surface area contributed by atoms with Crippen molar-refractivity contribution < 1.29 is 4.74 Å². The van der Waals surface area contributed by atoms with Crippen LogP contribution in [-0.4, -0.2) is 43.6 Å². The summed E-state index contributed by atoms with van der Waals surface area (Å²) < 4.78 is 5.45. The maximum atomic E-state index is 5.45. The van der Waals surface area contributed by atoms with Crippen molar-refractivity contribution in [2.75, 3.05) is 33.8 Å². The molecule has 0 spiro atoms. The topological polar surface area (TPSA) is 15.7 Å². The molecule has 136 valence electrons. The number of likely N-dealkylation sites (N-methyl/N-ethyl adjacent to an activating group) is 1. The second-order valence-corrected chi connectivity index (χ2v) is 6.71. The first-order valence-corrected chi connectivity index (χ1v) is 8.42. The van der Waals surface area contributed by atoms with Gasteiger partial charge in [-0.15, -0.1) is 24.8 Å². The predicted molar refractivity (Wildman–Crippen MR) is 107 cm³/mol. The Kier molecular flexibility index (Phi) is 6.75. The summed E-state index contributed by atoms with van der Waals surface area (Å²) in [5.41, 5.74) is 4.34. The summed E-state index contributed by atoms with van der Waals surface area (Å²) in [5, 5.41) is 0. The number of methoxy groups -OCH3 is 1. The molecule has 2 aromatic rings. The Bertz CT molecular complexity index is 695. The summed E-state index contributed by atoms with van der Waals surface area (Å²) in [6.07, 6.45) is 1.07. The number of fused-ring (bicyclic) bond motifs is 3. The van der Waals surface area contributed by atoms with Gasteiger partial charge in [0.25, 0.3) is 0 Å². The highest BCUT2D eigenvalue weighted by Gasteiger charge is 2.37. The van der Waals surface area contributed by atoms with Crippen molar-refractivity contribution in [1.82, 2.24) is 9.80 Å². The molecule has 0 aromatic heterocycles. The second-order valence-electron chi connectivity index (χ2n) is 6.71. The molecule has 2 aliphatic heterocycles. The second kappa shape index (κ2) is 8.41. The van der Waals surface area contributed by atoms with E-state index in [1.54, 1.807) is 7.11 Å². The summed E-state index contributed by atoms with van der Waals surface area (Å²) >= 11 is 0. The van der Waals surface area contributed by atoms with E-state index >= 15 is 0 Å². The highest BCUT2D eigenvalue weighted by atomic mass is 35.5.